The maximum Gasteiger partial charge on any atom is 0.255 e. The highest BCUT2D eigenvalue weighted by Crippen LogP contribution is 2.20. The third-order valence-corrected chi connectivity index (χ3v) is 4.87. The van der Waals surface area contributed by atoms with Crippen molar-refractivity contribution >= 4 is 5.91 Å². The van der Waals surface area contributed by atoms with E-state index >= 15 is 0 Å². The topological polar surface area (TPSA) is 39.7 Å². The van der Waals surface area contributed by atoms with Gasteiger partial charge >= 0.3 is 0 Å². The van der Waals surface area contributed by atoms with Gasteiger partial charge in [0.2, 0.25) is 0 Å². The van der Waals surface area contributed by atoms with Gasteiger partial charge in [0.25, 0.3) is 5.91 Å². The minimum atomic E-state index is -0.457. The summed E-state index contributed by atoms with van der Waals surface area (Å²) in [4.78, 5) is 23.0. The number of hydrogen-bond acceptors (Lipinski definition) is 4. The average molecular weight is 320 g/mol. The zero-order chi connectivity index (χ0) is 16.2. The quantitative estimate of drug-likeness (QED) is 0.842. The van der Waals surface area contributed by atoms with Crippen LogP contribution in [-0.2, 0) is 0 Å². The lowest BCUT2D eigenvalue weighted by Gasteiger charge is -2.38. The van der Waals surface area contributed by atoms with Crippen LogP contribution in [0.1, 0.15) is 23.2 Å². The van der Waals surface area contributed by atoms with Crippen LogP contribution in [0.5, 0.6) is 0 Å². The van der Waals surface area contributed by atoms with Crippen LogP contribution in [0.3, 0.4) is 0 Å². The Morgan fingerprint density at radius 2 is 2.04 bits per heavy atom. The van der Waals surface area contributed by atoms with E-state index in [1.165, 1.54) is 12.3 Å². The second-order valence-corrected chi connectivity index (χ2v) is 6.76. The molecule has 0 spiro atoms. The van der Waals surface area contributed by atoms with Crippen molar-refractivity contribution < 1.29 is 9.18 Å². The van der Waals surface area contributed by atoms with Gasteiger partial charge in [-0.15, -0.1) is 0 Å². The van der Waals surface area contributed by atoms with Gasteiger partial charge in [-0.2, -0.15) is 0 Å². The second kappa shape index (κ2) is 7.36. The molecule has 0 saturated carbocycles. The van der Waals surface area contributed by atoms with E-state index in [0.717, 1.165) is 64.9 Å². The standard InChI is InChI=1S/C17H25FN4O/c1-20-5-7-21(8-6-20)12-14-3-2-4-22(13-14)17(23)15-9-16(18)11-19-10-15/h9-11,14H,2-8,12-13H2,1H3. The number of halogens is 1. The summed E-state index contributed by atoms with van der Waals surface area (Å²) in [7, 11) is 2.16. The molecule has 1 amide bonds. The van der Waals surface area contributed by atoms with Gasteiger partial charge in [-0.1, -0.05) is 0 Å². The number of carbonyl (C=O) groups is 1. The number of likely N-dealkylation sites (N-methyl/N-ethyl adjacent to an activating group) is 1. The first-order valence-corrected chi connectivity index (χ1v) is 8.42. The summed E-state index contributed by atoms with van der Waals surface area (Å²) in [6.07, 6.45) is 4.77. The molecule has 1 atom stereocenters. The highest BCUT2D eigenvalue weighted by Gasteiger charge is 2.27. The number of pyridine rings is 1. The minimum absolute atomic E-state index is 0.0972. The first-order chi connectivity index (χ1) is 11.1. The van der Waals surface area contributed by atoms with Gasteiger partial charge in [0.15, 0.2) is 0 Å². The van der Waals surface area contributed by atoms with Gasteiger partial charge in [-0.05, 0) is 31.9 Å². The molecule has 0 N–H and O–H groups in total. The molecule has 3 rings (SSSR count). The first-order valence-electron chi connectivity index (χ1n) is 8.42. The molecule has 1 unspecified atom stereocenters. The molecule has 2 aliphatic rings. The number of piperazine rings is 1. The molecular formula is C17H25FN4O. The van der Waals surface area contributed by atoms with Crippen LogP contribution < -0.4 is 0 Å². The molecule has 2 aliphatic heterocycles. The van der Waals surface area contributed by atoms with Crippen molar-refractivity contribution in [2.24, 2.45) is 5.92 Å². The number of nitrogens with zero attached hydrogens (tertiary/aromatic N) is 4. The van der Waals surface area contributed by atoms with Crippen LogP contribution in [0.2, 0.25) is 0 Å². The predicted octanol–water partition coefficient (Wildman–Crippen LogP) is 1.32. The molecule has 1 aromatic rings. The van der Waals surface area contributed by atoms with Gasteiger partial charge in [0, 0.05) is 52.0 Å². The maximum atomic E-state index is 13.3. The normalized spacial score (nSPS) is 23.9. The monoisotopic (exact) mass is 320 g/mol. The minimum Gasteiger partial charge on any atom is -0.338 e. The van der Waals surface area contributed by atoms with Crippen molar-refractivity contribution in [3.05, 3.63) is 29.8 Å². The lowest BCUT2D eigenvalue weighted by Crippen LogP contribution is -2.49. The summed E-state index contributed by atoms with van der Waals surface area (Å²) in [5, 5.41) is 0. The smallest absolute Gasteiger partial charge is 0.255 e. The van der Waals surface area contributed by atoms with Crippen molar-refractivity contribution in [2.75, 3.05) is 52.9 Å². The average Bonchev–Trinajstić information content (AvgIpc) is 2.56. The van der Waals surface area contributed by atoms with Crippen molar-refractivity contribution in [3.63, 3.8) is 0 Å². The number of piperidine rings is 1. The summed E-state index contributed by atoms with van der Waals surface area (Å²) in [5.74, 6) is -0.0421. The Morgan fingerprint density at radius 3 is 2.78 bits per heavy atom. The van der Waals surface area contributed by atoms with Crippen molar-refractivity contribution in [3.8, 4) is 0 Å². The highest BCUT2D eigenvalue weighted by atomic mass is 19.1. The Balaban J connectivity index is 1.56. The van der Waals surface area contributed by atoms with E-state index in [4.69, 9.17) is 0 Å². The first kappa shape index (κ1) is 16.3. The molecule has 6 heteroatoms. The summed E-state index contributed by atoms with van der Waals surface area (Å²) < 4.78 is 13.3. The van der Waals surface area contributed by atoms with Crippen molar-refractivity contribution in [1.82, 2.24) is 19.7 Å². The molecule has 0 aromatic carbocycles. The van der Waals surface area contributed by atoms with E-state index in [-0.39, 0.29) is 5.91 Å². The SMILES string of the molecule is CN1CCN(CC2CCCN(C(=O)c3cncc(F)c3)C2)CC1. The highest BCUT2D eigenvalue weighted by molar-refractivity contribution is 5.93. The van der Waals surface area contributed by atoms with E-state index in [1.807, 2.05) is 4.90 Å². The van der Waals surface area contributed by atoms with Gasteiger partial charge in [-0.3, -0.25) is 9.78 Å². The molecule has 0 aliphatic carbocycles. The number of carbonyl (C=O) groups excluding carboxylic acids is 1. The molecule has 2 fully saturated rings. The number of likely N-dealkylation sites (tertiary alicyclic amines) is 1. The summed E-state index contributed by atoms with van der Waals surface area (Å²) in [6, 6.07) is 1.28. The van der Waals surface area contributed by atoms with Crippen LogP contribution in [0, 0.1) is 11.7 Å². The Kier molecular flexibility index (Phi) is 5.23. The van der Waals surface area contributed by atoms with Crippen molar-refractivity contribution in [1.29, 1.82) is 0 Å². The summed E-state index contributed by atoms with van der Waals surface area (Å²) in [5.41, 5.74) is 0.352. The molecule has 126 valence electrons. The van der Waals surface area contributed by atoms with Gasteiger partial charge < -0.3 is 14.7 Å². The third kappa shape index (κ3) is 4.26. The Hall–Kier alpha value is -1.53. The molecule has 3 heterocycles. The molecule has 5 nitrogen and oxygen atoms in total. The van der Waals surface area contributed by atoms with E-state index in [1.54, 1.807) is 0 Å². The molecular weight excluding hydrogens is 295 g/mol. The lowest BCUT2D eigenvalue weighted by molar-refractivity contribution is 0.0608. The lowest BCUT2D eigenvalue weighted by atomic mass is 9.96. The van der Waals surface area contributed by atoms with Crippen LogP contribution in [-0.4, -0.2) is 78.5 Å². The Bertz CT molecular complexity index is 545. The van der Waals surface area contributed by atoms with E-state index in [2.05, 4.69) is 21.8 Å². The van der Waals surface area contributed by atoms with Crippen molar-refractivity contribution in [2.45, 2.75) is 12.8 Å². The number of aromatic nitrogens is 1. The zero-order valence-corrected chi connectivity index (χ0v) is 13.7. The summed E-state index contributed by atoms with van der Waals surface area (Å²) >= 11 is 0. The maximum absolute atomic E-state index is 13.3. The van der Waals surface area contributed by atoms with E-state index < -0.39 is 5.82 Å². The number of amides is 1. The number of hydrogen-bond donors (Lipinski definition) is 0. The van der Waals surface area contributed by atoms with E-state index in [9.17, 15) is 9.18 Å². The van der Waals surface area contributed by atoms with Gasteiger partial charge in [0.1, 0.15) is 5.82 Å². The van der Waals surface area contributed by atoms with Crippen LogP contribution in [0.15, 0.2) is 18.5 Å². The molecule has 0 bridgehead atoms. The third-order valence-electron chi connectivity index (χ3n) is 4.87. The fourth-order valence-corrected chi connectivity index (χ4v) is 3.51. The second-order valence-electron chi connectivity index (χ2n) is 6.76. The number of rotatable bonds is 3. The molecule has 23 heavy (non-hydrogen) atoms. The largest absolute Gasteiger partial charge is 0.338 e. The van der Waals surface area contributed by atoms with E-state index in [0.29, 0.717) is 11.5 Å². The Morgan fingerprint density at radius 1 is 1.26 bits per heavy atom. The molecule has 1 aromatic heterocycles. The molecule has 0 radical (unpaired) electrons. The fraction of sp³-hybridized carbons (Fsp3) is 0.647. The Labute approximate surface area is 137 Å². The predicted molar refractivity (Wildman–Crippen MR) is 86.8 cm³/mol. The van der Waals surface area contributed by atoms with Crippen LogP contribution >= 0.6 is 0 Å². The fourth-order valence-electron chi connectivity index (χ4n) is 3.51. The zero-order valence-electron chi connectivity index (χ0n) is 13.7. The van der Waals surface area contributed by atoms with Crippen LogP contribution in [0.25, 0.3) is 0 Å². The van der Waals surface area contributed by atoms with Gasteiger partial charge in [0.05, 0.1) is 11.8 Å². The van der Waals surface area contributed by atoms with Crippen LogP contribution in [0.4, 0.5) is 4.39 Å². The summed E-state index contributed by atoms with van der Waals surface area (Å²) in [6.45, 7) is 7.02. The van der Waals surface area contributed by atoms with Gasteiger partial charge in [-0.25, -0.2) is 4.39 Å². The molecule has 2 saturated heterocycles.